The summed E-state index contributed by atoms with van der Waals surface area (Å²) >= 11 is 0. The Labute approximate surface area is 185 Å². The minimum atomic E-state index is 0.657. The molecule has 0 fully saturated rings. The summed E-state index contributed by atoms with van der Waals surface area (Å²) in [5.41, 5.74) is 3.62. The van der Waals surface area contributed by atoms with Crippen molar-refractivity contribution in [2.24, 2.45) is 0 Å². The van der Waals surface area contributed by atoms with Crippen molar-refractivity contribution in [3.05, 3.63) is 115 Å². The van der Waals surface area contributed by atoms with Gasteiger partial charge in [-0.3, -0.25) is 0 Å². The van der Waals surface area contributed by atoms with E-state index >= 15 is 0 Å². The average Bonchev–Trinajstić information content (AvgIpc) is 2.89. The fourth-order valence-electron chi connectivity index (χ4n) is 4.42. The SMILES string of the molecule is [C-]#[N+]c1ccc2c3ccc(-c4nccc(-c5ccccc5)n4)cc3c3ccccc3c2c1. The summed E-state index contributed by atoms with van der Waals surface area (Å²) in [5, 5.41) is 6.90. The highest BCUT2D eigenvalue weighted by Gasteiger charge is 2.12. The molecule has 32 heavy (non-hydrogen) atoms. The van der Waals surface area contributed by atoms with Crippen LogP contribution in [0.2, 0.25) is 0 Å². The van der Waals surface area contributed by atoms with E-state index in [9.17, 15) is 0 Å². The van der Waals surface area contributed by atoms with Gasteiger partial charge in [0.2, 0.25) is 0 Å². The fraction of sp³-hybridized carbons (Fsp3) is 0. The maximum atomic E-state index is 7.40. The Bertz CT molecular complexity index is 1660. The third-order valence-corrected chi connectivity index (χ3v) is 5.93. The predicted molar refractivity (Wildman–Crippen MR) is 132 cm³/mol. The van der Waals surface area contributed by atoms with Gasteiger partial charge < -0.3 is 0 Å². The largest absolute Gasteiger partial charge is 0.238 e. The number of rotatable bonds is 2. The molecule has 0 N–H and O–H groups in total. The van der Waals surface area contributed by atoms with E-state index in [4.69, 9.17) is 11.6 Å². The summed E-state index contributed by atoms with van der Waals surface area (Å²) in [7, 11) is 0. The van der Waals surface area contributed by atoms with E-state index in [1.165, 1.54) is 0 Å². The van der Waals surface area contributed by atoms with Gasteiger partial charge in [0.15, 0.2) is 11.5 Å². The van der Waals surface area contributed by atoms with E-state index in [1.807, 2.05) is 42.6 Å². The monoisotopic (exact) mass is 407 g/mol. The van der Waals surface area contributed by atoms with Crippen LogP contribution >= 0.6 is 0 Å². The number of fused-ring (bicyclic) bond motifs is 6. The summed E-state index contributed by atoms with van der Waals surface area (Å²) < 4.78 is 0. The van der Waals surface area contributed by atoms with E-state index in [1.54, 1.807) is 0 Å². The molecule has 0 aliphatic rings. The molecule has 6 rings (SSSR count). The molecule has 6 aromatic rings. The molecule has 1 aromatic heterocycles. The van der Waals surface area contributed by atoms with Crippen molar-refractivity contribution in [2.45, 2.75) is 0 Å². The Hall–Kier alpha value is -4.55. The first kappa shape index (κ1) is 18.2. The minimum Gasteiger partial charge on any atom is -0.238 e. The predicted octanol–water partition coefficient (Wildman–Crippen LogP) is 7.82. The molecule has 0 bridgehead atoms. The molecule has 0 saturated heterocycles. The molecule has 0 unspecified atom stereocenters. The third-order valence-electron chi connectivity index (χ3n) is 5.93. The number of nitrogens with zero attached hydrogens (tertiary/aromatic N) is 3. The summed E-state index contributed by atoms with van der Waals surface area (Å²) in [6, 6.07) is 32.8. The van der Waals surface area contributed by atoms with Crippen LogP contribution in [0.1, 0.15) is 0 Å². The van der Waals surface area contributed by atoms with Crippen LogP contribution in [0.3, 0.4) is 0 Å². The van der Waals surface area contributed by atoms with Crippen LogP contribution < -0.4 is 0 Å². The quantitative estimate of drug-likeness (QED) is 0.216. The van der Waals surface area contributed by atoms with Crippen molar-refractivity contribution >= 4 is 38.0 Å². The van der Waals surface area contributed by atoms with Gasteiger partial charge in [-0.25, -0.2) is 14.8 Å². The minimum absolute atomic E-state index is 0.657. The molecule has 0 aliphatic heterocycles. The summed E-state index contributed by atoms with van der Waals surface area (Å²) in [6.45, 7) is 7.40. The summed E-state index contributed by atoms with van der Waals surface area (Å²) in [4.78, 5) is 13.0. The number of hydrogen-bond acceptors (Lipinski definition) is 2. The highest BCUT2D eigenvalue weighted by Crippen LogP contribution is 2.38. The first-order chi connectivity index (χ1) is 15.8. The van der Waals surface area contributed by atoms with E-state index < -0.39 is 0 Å². The third kappa shape index (κ3) is 2.90. The molecule has 148 valence electrons. The lowest BCUT2D eigenvalue weighted by molar-refractivity contribution is 1.18. The molecule has 3 heteroatoms. The van der Waals surface area contributed by atoms with E-state index in [-0.39, 0.29) is 0 Å². The normalized spacial score (nSPS) is 11.1. The smallest absolute Gasteiger partial charge is 0.187 e. The second-order valence-electron chi connectivity index (χ2n) is 7.78. The molecule has 0 aliphatic carbocycles. The van der Waals surface area contributed by atoms with Crippen molar-refractivity contribution in [2.75, 3.05) is 0 Å². The zero-order valence-electron chi connectivity index (χ0n) is 17.2. The molecular formula is C29H17N3. The highest BCUT2D eigenvalue weighted by molar-refractivity contribution is 6.26. The van der Waals surface area contributed by atoms with E-state index in [2.05, 4.69) is 70.5 Å². The van der Waals surface area contributed by atoms with Crippen molar-refractivity contribution in [1.29, 1.82) is 0 Å². The van der Waals surface area contributed by atoms with Gasteiger partial charge in [-0.2, -0.15) is 0 Å². The van der Waals surface area contributed by atoms with Crippen LogP contribution in [0, 0.1) is 6.57 Å². The average molecular weight is 407 g/mol. The zero-order valence-corrected chi connectivity index (χ0v) is 17.2. The lowest BCUT2D eigenvalue weighted by Gasteiger charge is -2.12. The van der Waals surface area contributed by atoms with E-state index in [0.29, 0.717) is 11.5 Å². The van der Waals surface area contributed by atoms with Crippen molar-refractivity contribution in [3.63, 3.8) is 0 Å². The number of hydrogen-bond donors (Lipinski definition) is 0. The Morgan fingerprint density at radius 2 is 1.22 bits per heavy atom. The Morgan fingerprint density at radius 3 is 1.97 bits per heavy atom. The molecule has 1 heterocycles. The Balaban J connectivity index is 1.61. The standard InChI is InChI=1S/C29H17N3/c1-30-21-12-14-25-24-13-11-20(17-26(24)22-9-5-6-10-23(22)27(25)18-21)29-31-16-15-28(32-29)19-7-3-2-4-8-19/h2-18H. The van der Waals surface area contributed by atoms with Crippen molar-refractivity contribution in [1.82, 2.24) is 9.97 Å². The lowest BCUT2D eigenvalue weighted by Crippen LogP contribution is -1.92. The van der Waals surface area contributed by atoms with Gasteiger partial charge in [-0.05, 0) is 50.5 Å². The van der Waals surface area contributed by atoms with Crippen LogP contribution in [0.15, 0.2) is 103 Å². The second kappa shape index (κ2) is 7.30. The van der Waals surface area contributed by atoms with Crippen LogP contribution in [-0.2, 0) is 0 Å². The first-order valence-corrected chi connectivity index (χ1v) is 10.5. The molecule has 0 radical (unpaired) electrons. The first-order valence-electron chi connectivity index (χ1n) is 10.5. The fourth-order valence-corrected chi connectivity index (χ4v) is 4.42. The summed E-state index contributed by atoms with van der Waals surface area (Å²) in [5.74, 6) is 0.709. The Morgan fingerprint density at radius 1 is 0.562 bits per heavy atom. The molecule has 0 amide bonds. The van der Waals surface area contributed by atoms with Gasteiger partial charge in [0.1, 0.15) is 0 Å². The van der Waals surface area contributed by atoms with Crippen molar-refractivity contribution < 1.29 is 0 Å². The van der Waals surface area contributed by atoms with Gasteiger partial charge in [0.25, 0.3) is 0 Å². The van der Waals surface area contributed by atoms with Crippen LogP contribution in [-0.4, -0.2) is 9.97 Å². The van der Waals surface area contributed by atoms with Crippen molar-refractivity contribution in [3.8, 4) is 22.6 Å². The zero-order chi connectivity index (χ0) is 21.5. The van der Waals surface area contributed by atoms with Gasteiger partial charge >= 0.3 is 0 Å². The maximum Gasteiger partial charge on any atom is 0.187 e. The van der Waals surface area contributed by atoms with E-state index in [0.717, 1.165) is 49.1 Å². The molecule has 0 spiro atoms. The van der Waals surface area contributed by atoms with Gasteiger partial charge in [-0.1, -0.05) is 78.9 Å². The molecular weight excluding hydrogens is 390 g/mol. The molecule has 3 nitrogen and oxygen atoms in total. The second-order valence-corrected chi connectivity index (χ2v) is 7.78. The highest BCUT2D eigenvalue weighted by atomic mass is 14.9. The van der Waals surface area contributed by atoms with Gasteiger partial charge in [-0.15, -0.1) is 0 Å². The number of benzene rings is 5. The van der Waals surface area contributed by atoms with Gasteiger partial charge in [0, 0.05) is 17.3 Å². The topological polar surface area (TPSA) is 30.1 Å². The Kier molecular flexibility index (Phi) is 4.16. The number of aromatic nitrogens is 2. The molecule has 0 atom stereocenters. The van der Waals surface area contributed by atoms with Crippen LogP contribution in [0.5, 0.6) is 0 Å². The lowest BCUT2D eigenvalue weighted by atomic mass is 9.93. The molecule has 5 aromatic carbocycles. The maximum absolute atomic E-state index is 7.40. The van der Waals surface area contributed by atoms with Crippen LogP contribution in [0.25, 0.3) is 59.8 Å². The molecule has 0 saturated carbocycles. The summed E-state index contributed by atoms with van der Waals surface area (Å²) in [6.07, 6.45) is 1.82. The van der Waals surface area contributed by atoms with Gasteiger partial charge in [0.05, 0.1) is 12.3 Å². The van der Waals surface area contributed by atoms with Crippen LogP contribution in [0.4, 0.5) is 5.69 Å².